The van der Waals surface area contributed by atoms with Gasteiger partial charge >= 0.3 is 12.1 Å². The van der Waals surface area contributed by atoms with E-state index >= 15 is 0 Å². The number of amides is 1. The summed E-state index contributed by atoms with van der Waals surface area (Å²) in [6, 6.07) is 3.01. The molecule has 2 rings (SSSR count). The first-order valence-electron chi connectivity index (χ1n) is 6.88. The van der Waals surface area contributed by atoms with E-state index in [1.807, 2.05) is 0 Å². The molecule has 2 aromatic rings. The van der Waals surface area contributed by atoms with Gasteiger partial charge in [0, 0.05) is 0 Å². The Labute approximate surface area is 128 Å². The molecule has 0 N–H and O–H groups in total. The molecule has 0 unspecified atom stereocenters. The molecule has 0 bridgehead atoms. The van der Waals surface area contributed by atoms with Crippen LogP contribution in [-0.4, -0.2) is 16.7 Å². The Morgan fingerprint density at radius 1 is 1.27 bits per heavy atom. The molecular formula is C16H19FN2O3. The number of aromatic nitrogens is 1. The van der Waals surface area contributed by atoms with Crippen molar-refractivity contribution in [3.8, 4) is 0 Å². The van der Waals surface area contributed by atoms with Crippen LogP contribution in [0.5, 0.6) is 0 Å². The number of hydrogen-bond acceptors (Lipinski definition) is 4. The van der Waals surface area contributed by atoms with E-state index in [1.165, 1.54) is 23.4 Å². The van der Waals surface area contributed by atoms with E-state index in [9.17, 15) is 9.18 Å². The van der Waals surface area contributed by atoms with Crippen molar-refractivity contribution in [2.75, 3.05) is 4.90 Å². The summed E-state index contributed by atoms with van der Waals surface area (Å²) in [5, 5.41) is 0. The van der Waals surface area contributed by atoms with Crippen LogP contribution in [-0.2, 0) is 4.74 Å². The fourth-order valence-electron chi connectivity index (χ4n) is 1.92. The largest absolute Gasteiger partial charge is 0.443 e. The van der Waals surface area contributed by atoms with Crippen molar-refractivity contribution in [2.24, 2.45) is 0 Å². The van der Waals surface area contributed by atoms with Crippen LogP contribution in [0, 0.1) is 19.7 Å². The number of ether oxygens (including phenoxy) is 1. The van der Waals surface area contributed by atoms with E-state index in [1.54, 1.807) is 40.7 Å². The van der Waals surface area contributed by atoms with Gasteiger partial charge in [0.05, 0.1) is 11.9 Å². The molecule has 6 heteroatoms. The maximum absolute atomic E-state index is 13.7. The smallest absolute Gasteiger partial charge is 0.423 e. The lowest BCUT2D eigenvalue weighted by Crippen LogP contribution is -2.34. The molecule has 0 aliphatic carbocycles. The van der Waals surface area contributed by atoms with Gasteiger partial charge in [-0.3, -0.25) is 0 Å². The van der Waals surface area contributed by atoms with Gasteiger partial charge in [0.15, 0.2) is 0 Å². The Bertz CT molecular complexity index is 675. The average Bonchev–Trinajstić information content (AvgIpc) is 2.87. The number of aryl methyl sites for hydroxylation is 2. The van der Waals surface area contributed by atoms with E-state index < -0.39 is 11.7 Å². The summed E-state index contributed by atoms with van der Waals surface area (Å²) in [4.78, 5) is 17.7. The van der Waals surface area contributed by atoms with Crippen LogP contribution in [0.4, 0.5) is 20.9 Å². The topological polar surface area (TPSA) is 55.6 Å². The van der Waals surface area contributed by atoms with Gasteiger partial charge in [-0.25, -0.2) is 14.2 Å². The minimum absolute atomic E-state index is 0.0726. The molecule has 0 saturated carbocycles. The van der Waals surface area contributed by atoms with Crippen LogP contribution in [0.1, 0.15) is 31.9 Å². The maximum atomic E-state index is 13.7. The zero-order valence-electron chi connectivity index (χ0n) is 13.3. The molecule has 1 aromatic carbocycles. The highest BCUT2D eigenvalue weighted by atomic mass is 19.1. The minimum atomic E-state index is -0.676. The summed E-state index contributed by atoms with van der Waals surface area (Å²) < 4.78 is 24.3. The van der Waals surface area contributed by atoms with Crippen LogP contribution >= 0.6 is 0 Å². The van der Waals surface area contributed by atoms with E-state index in [-0.39, 0.29) is 11.8 Å². The number of carbonyl (C=O) groups is 1. The zero-order chi connectivity index (χ0) is 16.5. The number of carbonyl (C=O) groups excluding carboxylic acids is 1. The van der Waals surface area contributed by atoms with Crippen LogP contribution in [0.15, 0.2) is 29.0 Å². The molecule has 0 atom stereocenters. The van der Waals surface area contributed by atoms with Gasteiger partial charge in [0.1, 0.15) is 17.7 Å². The second-order valence-electron chi connectivity index (χ2n) is 6.02. The first-order chi connectivity index (χ1) is 10.2. The molecule has 0 fully saturated rings. The molecule has 1 aromatic heterocycles. The Morgan fingerprint density at radius 2 is 1.95 bits per heavy atom. The van der Waals surface area contributed by atoms with E-state index in [0.717, 1.165) is 0 Å². The third-order valence-corrected chi connectivity index (χ3v) is 2.90. The van der Waals surface area contributed by atoms with E-state index in [2.05, 4.69) is 4.98 Å². The third kappa shape index (κ3) is 3.44. The highest BCUT2D eigenvalue weighted by Gasteiger charge is 2.29. The molecule has 5 nitrogen and oxygen atoms in total. The average molecular weight is 306 g/mol. The quantitative estimate of drug-likeness (QED) is 0.819. The second kappa shape index (κ2) is 5.79. The molecule has 0 aliphatic rings. The van der Waals surface area contributed by atoms with Crippen LogP contribution in [0.3, 0.4) is 0 Å². The first kappa shape index (κ1) is 16.0. The van der Waals surface area contributed by atoms with Crippen molar-refractivity contribution < 1.29 is 18.3 Å². The molecular weight excluding hydrogens is 287 g/mol. The fraction of sp³-hybridized carbons (Fsp3) is 0.375. The zero-order valence-corrected chi connectivity index (χ0v) is 13.3. The normalized spacial score (nSPS) is 11.4. The molecule has 0 saturated heterocycles. The van der Waals surface area contributed by atoms with Gasteiger partial charge in [-0.2, -0.15) is 4.90 Å². The maximum Gasteiger partial charge on any atom is 0.423 e. The lowest BCUT2D eigenvalue weighted by Gasteiger charge is -2.26. The van der Waals surface area contributed by atoms with Crippen LogP contribution in [0.25, 0.3) is 0 Å². The van der Waals surface area contributed by atoms with Gasteiger partial charge in [-0.05, 0) is 57.9 Å². The molecule has 1 amide bonds. The standard InChI is InChI=1S/C16H19FN2O3/c1-10-9-13(11(2)8-12(10)17)19(14-18-6-7-21-14)15(20)22-16(3,4)5/h6-9H,1-5H3. The monoisotopic (exact) mass is 306 g/mol. The molecule has 22 heavy (non-hydrogen) atoms. The number of hydrogen-bond donors (Lipinski definition) is 0. The van der Waals surface area contributed by atoms with Crippen LogP contribution in [0.2, 0.25) is 0 Å². The molecule has 1 heterocycles. The van der Waals surface area contributed by atoms with Crippen molar-refractivity contribution in [1.82, 2.24) is 4.98 Å². The summed E-state index contributed by atoms with van der Waals surface area (Å²) in [6.07, 6.45) is 2.15. The highest BCUT2D eigenvalue weighted by Crippen LogP contribution is 2.31. The van der Waals surface area contributed by atoms with Gasteiger partial charge < -0.3 is 9.15 Å². The van der Waals surface area contributed by atoms with Gasteiger partial charge in [0.25, 0.3) is 0 Å². The van der Waals surface area contributed by atoms with Gasteiger partial charge in [-0.1, -0.05) is 0 Å². The van der Waals surface area contributed by atoms with E-state index in [4.69, 9.17) is 9.15 Å². The van der Waals surface area contributed by atoms with Crippen molar-refractivity contribution in [2.45, 2.75) is 40.2 Å². The van der Waals surface area contributed by atoms with E-state index in [0.29, 0.717) is 16.8 Å². The highest BCUT2D eigenvalue weighted by molar-refractivity contribution is 5.94. The first-order valence-corrected chi connectivity index (χ1v) is 6.88. The Kier molecular flexibility index (Phi) is 4.21. The predicted molar refractivity (Wildman–Crippen MR) is 80.8 cm³/mol. The Balaban J connectivity index is 2.51. The minimum Gasteiger partial charge on any atom is -0.443 e. The molecule has 0 radical (unpaired) electrons. The lowest BCUT2D eigenvalue weighted by atomic mass is 10.1. The van der Waals surface area contributed by atoms with Crippen molar-refractivity contribution in [1.29, 1.82) is 0 Å². The molecule has 0 aliphatic heterocycles. The SMILES string of the molecule is Cc1cc(N(C(=O)OC(C)(C)C)c2ncco2)c(C)cc1F. The van der Waals surface area contributed by atoms with Crippen LogP contribution < -0.4 is 4.90 Å². The summed E-state index contributed by atoms with van der Waals surface area (Å²) in [7, 11) is 0. The second-order valence-corrected chi connectivity index (χ2v) is 6.02. The number of oxazole rings is 1. The van der Waals surface area contributed by atoms with Gasteiger partial charge in [0.2, 0.25) is 0 Å². The molecule has 0 spiro atoms. The fourth-order valence-corrected chi connectivity index (χ4v) is 1.92. The lowest BCUT2D eigenvalue weighted by molar-refractivity contribution is 0.0592. The number of halogens is 1. The molecule has 118 valence electrons. The number of anilines is 2. The Morgan fingerprint density at radius 3 is 2.50 bits per heavy atom. The number of rotatable bonds is 2. The number of nitrogens with zero attached hydrogens (tertiary/aromatic N) is 2. The van der Waals surface area contributed by atoms with Crippen molar-refractivity contribution >= 4 is 17.8 Å². The van der Waals surface area contributed by atoms with Crippen molar-refractivity contribution in [3.05, 3.63) is 41.5 Å². The third-order valence-electron chi connectivity index (χ3n) is 2.90. The Hall–Kier alpha value is -2.37. The summed E-state index contributed by atoms with van der Waals surface area (Å²) in [5.74, 6) is -0.335. The van der Waals surface area contributed by atoms with Crippen molar-refractivity contribution in [3.63, 3.8) is 0 Å². The predicted octanol–water partition coefficient (Wildman–Crippen LogP) is 4.50. The number of benzene rings is 1. The summed E-state index contributed by atoms with van der Waals surface area (Å²) in [6.45, 7) is 8.63. The van der Waals surface area contributed by atoms with Gasteiger partial charge in [-0.15, -0.1) is 0 Å². The summed E-state index contributed by atoms with van der Waals surface area (Å²) in [5.41, 5.74) is 0.786. The summed E-state index contributed by atoms with van der Waals surface area (Å²) >= 11 is 0.